The minimum Gasteiger partial charge on any atom is -0.480 e. The van der Waals surface area contributed by atoms with Crippen LogP contribution in [0, 0.1) is 5.92 Å². The first-order valence-corrected chi connectivity index (χ1v) is 7.86. The van der Waals surface area contributed by atoms with Crippen LogP contribution in [-0.2, 0) is 9.59 Å². The predicted molar refractivity (Wildman–Crippen MR) is 87.1 cm³/mol. The van der Waals surface area contributed by atoms with Gasteiger partial charge in [-0.2, -0.15) is 0 Å². The summed E-state index contributed by atoms with van der Waals surface area (Å²) in [7, 11) is 0. The Hall–Kier alpha value is -1.50. The average molecular weight is 346 g/mol. The van der Waals surface area contributed by atoms with Crippen molar-refractivity contribution < 1.29 is 14.7 Å². The lowest BCUT2D eigenvalue weighted by molar-refractivity contribution is -0.148. The van der Waals surface area contributed by atoms with E-state index in [1.54, 1.807) is 0 Å². The van der Waals surface area contributed by atoms with Gasteiger partial charge in [0.15, 0.2) is 0 Å². The molecule has 0 unspecified atom stereocenters. The zero-order valence-corrected chi connectivity index (χ0v) is 13.8. The third-order valence-electron chi connectivity index (χ3n) is 4.69. The fraction of sp³-hybridized carbons (Fsp3) is 0.857. The minimum atomic E-state index is -1.08. The summed E-state index contributed by atoms with van der Waals surface area (Å²) in [4.78, 5) is 27.8. The van der Waals surface area contributed by atoms with Gasteiger partial charge in [0, 0.05) is 11.5 Å². The van der Waals surface area contributed by atoms with Crippen LogP contribution in [0.3, 0.4) is 0 Å². The van der Waals surface area contributed by atoms with Gasteiger partial charge in [-0.15, -0.1) is 12.4 Å². The van der Waals surface area contributed by atoms with Gasteiger partial charge >= 0.3 is 5.97 Å². The summed E-state index contributed by atoms with van der Waals surface area (Å²) < 4.78 is 0. The van der Waals surface area contributed by atoms with Gasteiger partial charge in [-0.3, -0.25) is 4.79 Å². The molecular weight excluding hydrogens is 322 g/mol. The fourth-order valence-electron chi connectivity index (χ4n) is 3.54. The normalized spacial score (nSPS) is 26.0. The third-order valence-corrected chi connectivity index (χ3v) is 4.69. The number of halogens is 1. The number of carbonyl (C=O) groups is 2. The zero-order chi connectivity index (χ0) is 16.1. The molecule has 3 atom stereocenters. The van der Waals surface area contributed by atoms with Gasteiger partial charge in [0.25, 0.3) is 0 Å². The van der Waals surface area contributed by atoms with Gasteiger partial charge in [-0.1, -0.05) is 37.2 Å². The van der Waals surface area contributed by atoms with Gasteiger partial charge in [-0.05, 0) is 24.3 Å². The minimum absolute atomic E-state index is 0. The summed E-state index contributed by atoms with van der Waals surface area (Å²) in [6.07, 6.45) is 6.52. The largest absolute Gasteiger partial charge is 0.480 e. The third kappa shape index (κ3) is 4.99. The first-order valence-electron chi connectivity index (χ1n) is 7.86. The van der Waals surface area contributed by atoms with Crippen LogP contribution in [0.4, 0.5) is 0 Å². The van der Waals surface area contributed by atoms with E-state index in [-0.39, 0.29) is 31.3 Å². The van der Waals surface area contributed by atoms with Crippen LogP contribution >= 0.6 is 12.4 Å². The van der Waals surface area contributed by atoms with E-state index >= 15 is 0 Å². The molecule has 130 valence electrons. The van der Waals surface area contributed by atoms with E-state index in [0.717, 1.165) is 12.8 Å². The van der Waals surface area contributed by atoms with Crippen molar-refractivity contribution in [2.45, 2.75) is 63.1 Å². The van der Waals surface area contributed by atoms with Crippen LogP contribution in [0.2, 0.25) is 0 Å². The fourth-order valence-corrected chi connectivity index (χ4v) is 3.54. The van der Waals surface area contributed by atoms with Gasteiger partial charge in [-0.25, -0.2) is 4.79 Å². The second-order valence-electron chi connectivity index (χ2n) is 6.29. The lowest BCUT2D eigenvalue weighted by Crippen LogP contribution is -2.49. The van der Waals surface area contributed by atoms with E-state index in [0.29, 0.717) is 12.3 Å². The topological polar surface area (TPSA) is 132 Å². The Labute approximate surface area is 141 Å². The monoisotopic (exact) mass is 345 g/mol. The van der Waals surface area contributed by atoms with Crippen molar-refractivity contribution in [3.63, 3.8) is 0 Å². The molecule has 0 aromatic carbocycles. The molecule has 1 heterocycles. The molecule has 2 rings (SSSR count). The maximum Gasteiger partial charge on any atom is 0.326 e. The summed E-state index contributed by atoms with van der Waals surface area (Å²) in [5, 5.41) is 12.8. The molecule has 9 heteroatoms. The van der Waals surface area contributed by atoms with Crippen LogP contribution in [0.5, 0.6) is 0 Å². The van der Waals surface area contributed by atoms with E-state index in [2.05, 4.69) is 10.0 Å². The summed E-state index contributed by atoms with van der Waals surface area (Å²) >= 11 is 0. The van der Waals surface area contributed by atoms with E-state index in [4.69, 9.17) is 11.3 Å². The van der Waals surface area contributed by atoms with Gasteiger partial charge in [0.2, 0.25) is 5.91 Å². The van der Waals surface area contributed by atoms with Gasteiger partial charge in [0.05, 0.1) is 12.1 Å². The molecule has 23 heavy (non-hydrogen) atoms. The Morgan fingerprint density at radius 3 is 2.57 bits per heavy atom. The highest BCUT2D eigenvalue weighted by atomic mass is 35.5. The van der Waals surface area contributed by atoms with Crippen LogP contribution in [0.25, 0.3) is 10.4 Å². The van der Waals surface area contributed by atoms with Crippen molar-refractivity contribution in [2.75, 3.05) is 6.54 Å². The molecule has 0 spiro atoms. The van der Waals surface area contributed by atoms with E-state index in [1.807, 2.05) is 0 Å². The Bertz CT molecular complexity index is 477. The van der Waals surface area contributed by atoms with Crippen LogP contribution < -0.4 is 5.73 Å². The van der Waals surface area contributed by atoms with E-state index < -0.39 is 24.1 Å². The number of carboxylic acid groups (broad SMARTS) is 1. The standard InChI is InChI=1S/C14H23N5O3.ClH/c15-11(6-9-4-2-1-3-5-9)13(20)19-8-10(17-18-16)7-12(19)14(21)22;/h9-12H,1-8,15H2,(H,21,22);1H/t10-,11+,12-;/m0./s1. The first kappa shape index (κ1) is 19.5. The van der Waals surface area contributed by atoms with Crippen LogP contribution in [0.1, 0.15) is 44.9 Å². The van der Waals surface area contributed by atoms with E-state index in [9.17, 15) is 14.7 Å². The maximum atomic E-state index is 12.5. The summed E-state index contributed by atoms with van der Waals surface area (Å²) in [5.41, 5.74) is 14.5. The summed E-state index contributed by atoms with van der Waals surface area (Å²) in [6, 6.07) is -2.10. The molecule has 1 aliphatic heterocycles. The van der Waals surface area contributed by atoms with Crippen molar-refractivity contribution in [3.05, 3.63) is 10.4 Å². The number of hydrogen-bond acceptors (Lipinski definition) is 4. The highest BCUT2D eigenvalue weighted by Crippen LogP contribution is 2.28. The Kier molecular flexibility index (Phi) is 7.61. The molecule has 2 aliphatic rings. The number of amides is 1. The number of aliphatic carboxylic acids is 1. The van der Waals surface area contributed by atoms with Crippen molar-refractivity contribution in [3.8, 4) is 0 Å². The number of azide groups is 1. The van der Waals surface area contributed by atoms with Gasteiger partial charge < -0.3 is 15.7 Å². The molecule has 3 N–H and O–H groups in total. The van der Waals surface area contributed by atoms with Crippen molar-refractivity contribution in [1.29, 1.82) is 0 Å². The quantitative estimate of drug-likeness (QED) is 0.448. The van der Waals surface area contributed by atoms with Crippen molar-refractivity contribution in [2.24, 2.45) is 16.8 Å². The molecule has 1 saturated carbocycles. The van der Waals surface area contributed by atoms with E-state index in [1.165, 1.54) is 24.2 Å². The summed E-state index contributed by atoms with van der Waals surface area (Å²) in [6.45, 7) is 0.137. The molecule has 8 nitrogen and oxygen atoms in total. The Balaban J connectivity index is 0.00000264. The molecule has 0 bridgehead atoms. The first-order chi connectivity index (χ1) is 10.5. The molecule has 0 aromatic heterocycles. The van der Waals surface area contributed by atoms with Crippen LogP contribution in [-0.4, -0.2) is 46.6 Å². The Morgan fingerprint density at radius 2 is 2.00 bits per heavy atom. The molecular formula is C14H24ClN5O3. The zero-order valence-electron chi connectivity index (χ0n) is 13.0. The predicted octanol–water partition coefficient (Wildman–Crippen LogP) is 2.07. The average Bonchev–Trinajstić information content (AvgIpc) is 2.92. The number of hydrogen-bond donors (Lipinski definition) is 2. The summed E-state index contributed by atoms with van der Waals surface area (Å²) in [5.74, 6) is -0.964. The van der Waals surface area contributed by atoms with Crippen molar-refractivity contribution in [1.82, 2.24) is 4.90 Å². The molecule has 1 saturated heterocycles. The number of nitrogens with zero attached hydrogens (tertiary/aromatic N) is 4. The smallest absolute Gasteiger partial charge is 0.326 e. The van der Waals surface area contributed by atoms with Gasteiger partial charge in [0.1, 0.15) is 6.04 Å². The number of carbonyl (C=O) groups excluding carboxylic acids is 1. The second-order valence-corrected chi connectivity index (χ2v) is 6.29. The number of rotatable bonds is 5. The lowest BCUT2D eigenvalue weighted by Gasteiger charge is -2.28. The number of nitrogens with two attached hydrogens (primary N) is 1. The highest BCUT2D eigenvalue weighted by molar-refractivity contribution is 5.87. The molecule has 0 aromatic rings. The Morgan fingerprint density at radius 1 is 1.35 bits per heavy atom. The SMILES string of the molecule is Cl.[N-]=[N+]=N[C@H]1C[C@@H](C(=O)O)N(C(=O)[C@H](N)CC2CCCCC2)C1. The lowest BCUT2D eigenvalue weighted by atomic mass is 9.84. The number of carboxylic acids is 1. The number of likely N-dealkylation sites (tertiary alicyclic amines) is 1. The molecule has 1 amide bonds. The molecule has 0 radical (unpaired) electrons. The van der Waals surface area contributed by atoms with Crippen LogP contribution in [0.15, 0.2) is 5.11 Å². The highest BCUT2D eigenvalue weighted by Gasteiger charge is 2.41. The molecule has 1 aliphatic carbocycles. The molecule has 2 fully saturated rings. The van der Waals surface area contributed by atoms with Crippen molar-refractivity contribution >= 4 is 24.3 Å². The second kappa shape index (κ2) is 8.96. The maximum absolute atomic E-state index is 12.5.